The summed E-state index contributed by atoms with van der Waals surface area (Å²) >= 11 is 0. The summed E-state index contributed by atoms with van der Waals surface area (Å²) in [6.45, 7) is 0. The van der Waals surface area contributed by atoms with Crippen LogP contribution in [-0.2, 0) is 14.6 Å². The summed E-state index contributed by atoms with van der Waals surface area (Å²) in [5, 5.41) is 10.9. The van der Waals surface area contributed by atoms with E-state index in [4.69, 9.17) is 0 Å². The van der Waals surface area contributed by atoms with Gasteiger partial charge in [0.25, 0.3) is 0 Å². The Morgan fingerprint density at radius 3 is 2.50 bits per heavy atom. The second-order valence-electron chi connectivity index (χ2n) is 2.55. The Hall–Kier alpha value is -1.19. The number of ether oxygens (including phenoxy) is 1. The van der Waals surface area contributed by atoms with Gasteiger partial charge >= 0.3 is 5.97 Å². The minimum Gasteiger partial charge on any atom is -0.469 e. The van der Waals surface area contributed by atoms with E-state index in [1.165, 1.54) is 18.1 Å². The van der Waals surface area contributed by atoms with Crippen molar-refractivity contribution < 1.29 is 14.6 Å². The van der Waals surface area contributed by atoms with Crippen LogP contribution in [0.1, 0.15) is 12.8 Å². The molecule has 0 amide bonds. The van der Waals surface area contributed by atoms with Gasteiger partial charge < -0.3 is 9.64 Å². The predicted molar refractivity (Wildman–Crippen MR) is 43.7 cm³/mol. The number of carbonyl (C=O) groups is 1. The lowest BCUT2D eigenvalue weighted by atomic mass is 10.3. The SMILES string of the molecule is COC(=O)CCC=C([O])N(C)C. The highest BCUT2D eigenvalue weighted by atomic mass is 16.5. The smallest absolute Gasteiger partial charge is 0.305 e. The van der Waals surface area contributed by atoms with Gasteiger partial charge in [-0.15, -0.1) is 0 Å². The molecule has 0 aromatic heterocycles. The van der Waals surface area contributed by atoms with Crippen LogP contribution in [0.5, 0.6) is 0 Å². The molecule has 0 saturated carbocycles. The second-order valence-corrected chi connectivity index (χ2v) is 2.55. The van der Waals surface area contributed by atoms with Gasteiger partial charge in [0.15, 0.2) is 0 Å². The molecule has 4 nitrogen and oxygen atoms in total. The van der Waals surface area contributed by atoms with Crippen LogP contribution in [0.4, 0.5) is 0 Å². The number of nitrogens with zero attached hydrogens (tertiary/aromatic N) is 1. The maximum Gasteiger partial charge on any atom is 0.305 e. The summed E-state index contributed by atoms with van der Waals surface area (Å²) in [5.74, 6) is -0.378. The molecule has 69 valence electrons. The molecule has 0 aromatic carbocycles. The molecular weight excluding hydrogens is 158 g/mol. The van der Waals surface area contributed by atoms with E-state index in [-0.39, 0.29) is 18.3 Å². The zero-order chi connectivity index (χ0) is 9.56. The fraction of sp³-hybridized carbons (Fsp3) is 0.625. The number of rotatable bonds is 4. The van der Waals surface area contributed by atoms with Crippen LogP contribution in [0.15, 0.2) is 12.0 Å². The van der Waals surface area contributed by atoms with Gasteiger partial charge in [-0.2, -0.15) is 0 Å². The van der Waals surface area contributed by atoms with Crippen molar-refractivity contribution >= 4 is 5.97 Å². The molecule has 0 aliphatic heterocycles. The third kappa shape index (κ3) is 4.60. The minimum atomic E-state index is -0.294. The Morgan fingerprint density at radius 2 is 2.08 bits per heavy atom. The molecule has 0 aromatic rings. The van der Waals surface area contributed by atoms with Crippen molar-refractivity contribution in [1.82, 2.24) is 4.90 Å². The molecule has 0 aliphatic rings. The predicted octanol–water partition coefficient (Wildman–Crippen LogP) is 0.773. The minimum absolute atomic E-state index is 0.0843. The number of carbonyl (C=O) groups excluding carboxylic acids is 1. The first kappa shape index (κ1) is 10.8. The third-order valence-electron chi connectivity index (χ3n) is 1.34. The van der Waals surface area contributed by atoms with E-state index in [9.17, 15) is 9.90 Å². The van der Waals surface area contributed by atoms with Gasteiger partial charge in [-0.05, 0) is 12.5 Å². The van der Waals surface area contributed by atoms with Gasteiger partial charge in [-0.25, -0.2) is 0 Å². The first-order chi connectivity index (χ1) is 5.57. The van der Waals surface area contributed by atoms with Gasteiger partial charge in [0.2, 0.25) is 5.88 Å². The fourth-order valence-electron chi connectivity index (χ4n) is 0.598. The number of allylic oxidation sites excluding steroid dienone is 1. The first-order valence-electron chi connectivity index (χ1n) is 3.69. The van der Waals surface area contributed by atoms with Gasteiger partial charge in [0, 0.05) is 20.5 Å². The van der Waals surface area contributed by atoms with Crippen LogP contribution in [0.2, 0.25) is 0 Å². The third-order valence-corrected chi connectivity index (χ3v) is 1.34. The van der Waals surface area contributed by atoms with E-state index < -0.39 is 0 Å². The summed E-state index contributed by atoms with van der Waals surface area (Å²) in [6, 6.07) is 0. The largest absolute Gasteiger partial charge is 0.469 e. The summed E-state index contributed by atoms with van der Waals surface area (Å²) in [7, 11) is 4.66. The monoisotopic (exact) mass is 172 g/mol. The van der Waals surface area contributed by atoms with Crippen LogP contribution in [-0.4, -0.2) is 32.1 Å². The number of hydrogen-bond donors (Lipinski definition) is 0. The van der Waals surface area contributed by atoms with Crippen molar-refractivity contribution in [3.05, 3.63) is 12.0 Å². The van der Waals surface area contributed by atoms with Gasteiger partial charge in [0.1, 0.15) is 0 Å². The highest BCUT2D eigenvalue weighted by Crippen LogP contribution is 1.99. The van der Waals surface area contributed by atoms with Crippen LogP contribution in [0, 0.1) is 0 Å². The number of hydrogen-bond acceptors (Lipinski definition) is 3. The van der Waals surface area contributed by atoms with Crippen molar-refractivity contribution in [2.75, 3.05) is 21.2 Å². The van der Waals surface area contributed by atoms with E-state index in [2.05, 4.69) is 4.74 Å². The number of methoxy groups -OCH3 is 1. The van der Waals surface area contributed by atoms with E-state index in [1.54, 1.807) is 14.1 Å². The van der Waals surface area contributed by atoms with Crippen LogP contribution in [0.3, 0.4) is 0 Å². The molecule has 0 heterocycles. The molecule has 0 rings (SSSR count). The van der Waals surface area contributed by atoms with Crippen molar-refractivity contribution in [3.8, 4) is 0 Å². The molecule has 0 unspecified atom stereocenters. The fourth-order valence-corrected chi connectivity index (χ4v) is 0.598. The zero-order valence-corrected chi connectivity index (χ0v) is 7.66. The van der Waals surface area contributed by atoms with E-state index in [1.807, 2.05) is 0 Å². The quantitative estimate of drug-likeness (QED) is 0.465. The second kappa shape index (κ2) is 5.46. The van der Waals surface area contributed by atoms with E-state index >= 15 is 0 Å². The van der Waals surface area contributed by atoms with Crippen LogP contribution < -0.4 is 0 Å². The van der Waals surface area contributed by atoms with E-state index in [0.717, 1.165) is 0 Å². The average molecular weight is 172 g/mol. The van der Waals surface area contributed by atoms with E-state index in [0.29, 0.717) is 6.42 Å². The van der Waals surface area contributed by atoms with Crippen LogP contribution in [0.25, 0.3) is 0 Å². The molecule has 4 heteroatoms. The Morgan fingerprint density at radius 1 is 1.50 bits per heavy atom. The molecule has 0 atom stereocenters. The molecule has 12 heavy (non-hydrogen) atoms. The Balaban J connectivity index is 3.67. The standard InChI is InChI=1S/C8H14NO3/c1-9(2)7(10)5-4-6-8(11)12-3/h5H,4,6H2,1-3H3. The molecule has 0 saturated heterocycles. The molecule has 0 fully saturated rings. The summed E-state index contributed by atoms with van der Waals surface area (Å²) < 4.78 is 4.41. The van der Waals surface area contributed by atoms with Gasteiger partial charge in [-0.3, -0.25) is 9.90 Å². The highest BCUT2D eigenvalue weighted by molar-refractivity contribution is 5.69. The molecular formula is C8H14NO3. The molecule has 0 N–H and O–H groups in total. The van der Waals surface area contributed by atoms with Crippen molar-refractivity contribution in [1.29, 1.82) is 0 Å². The lowest BCUT2D eigenvalue weighted by Gasteiger charge is -2.06. The van der Waals surface area contributed by atoms with Crippen molar-refractivity contribution in [3.63, 3.8) is 0 Å². The molecule has 0 bridgehead atoms. The van der Waals surface area contributed by atoms with Crippen molar-refractivity contribution in [2.45, 2.75) is 12.8 Å². The normalized spacial score (nSPS) is 11.1. The lowest BCUT2D eigenvalue weighted by Crippen LogP contribution is -2.09. The van der Waals surface area contributed by atoms with Gasteiger partial charge in [-0.1, -0.05) is 0 Å². The van der Waals surface area contributed by atoms with Crippen LogP contribution >= 0.6 is 0 Å². The molecule has 0 spiro atoms. The van der Waals surface area contributed by atoms with Crippen molar-refractivity contribution in [2.24, 2.45) is 0 Å². The molecule has 1 radical (unpaired) electrons. The molecule has 0 aliphatic carbocycles. The Kier molecular flexibility index (Phi) is 4.92. The topological polar surface area (TPSA) is 49.4 Å². The Bertz CT molecular complexity index is 175. The Labute approximate surface area is 72.4 Å². The summed E-state index contributed by atoms with van der Waals surface area (Å²) in [6.07, 6.45) is 2.16. The maximum atomic E-state index is 10.9. The maximum absolute atomic E-state index is 10.9. The summed E-state index contributed by atoms with van der Waals surface area (Å²) in [4.78, 5) is 12.1. The first-order valence-corrected chi connectivity index (χ1v) is 3.69. The lowest BCUT2D eigenvalue weighted by molar-refractivity contribution is -0.140. The highest BCUT2D eigenvalue weighted by Gasteiger charge is 2.00. The number of esters is 1. The van der Waals surface area contributed by atoms with Gasteiger partial charge in [0.05, 0.1) is 7.11 Å². The zero-order valence-electron chi connectivity index (χ0n) is 7.66. The summed E-state index contributed by atoms with van der Waals surface area (Å²) in [5.41, 5.74) is 0. The average Bonchev–Trinajstić information content (AvgIpc) is 2.03.